The van der Waals surface area contributed by atoms with E-state index in [1.54, 1.807) is 48.3 Å². The van der Waals surface area contributed by atoms with E-state index < -0.39 is 24.0 Å². The van der Waals surface area contributed by atoms with Crippen LogP contribution in [0.15, 0.2) is 59.1 Å². The zero-order valence-corrected chi connectivity index (χ0v) is 20.0. The second-order valence-electron chi connectivity index (χ2n) is 8.63. The molecule has 0 radical (unpaired) electrons. The molecule has 4 aromatic rings. The lowest BCUT2D eigenvalue weighted by atomic mass is 9.99. The van der Waals surface area contributed by atoms with Crippen molar-refractivity contribution in [2.75, 3.05) is 30.8 Å². The first kappa shape index (κ1) is 25.1. The minimum atomic E-state index is -4.82. The summed E-state index contributed by atoms with van der Waals surface area (Å²) in [5.74, 6) is -1.81. The van der Waals surface area contributed by atoms with Gasteiger partial charge in [0.15, 0.2) is 0 Å². The average molecular weight is 525 g/mol. The molecule has 0 saturated carbocycles. The molecule has 0 spiro atoms. The minimum absolute atomic E-state index is 0.0204. The van der Waals surface area contributed by atoms with Crippen molar-refractivity contribution in [1.82, 2.24) is 25.1 Å². The first-order chi connectivity index (χ1) is 18.2. The predicted octanol–water partition coefficient (Wildman–Crippen LogP) is 4.06. The SMILES string of the molecule is CN1CCc2cc(Nc3ncc(-c4nnc(C(F)(F)F)o4)c(N[C@H](CO)c4ccccc4)n3)ccc2C1=O. The van der Waals surface area contributed by atoms with Crippen molar-refractivity contribution < 1.29 is 27.5 Å². The minimum Gasteiger partial charge on any atom is -0.412 e. The number of likely N-dealkylation sites (N-methyl/N-ethyl adjacent to an activating group) is 1. The Balaban J connectivity index is 1.49. The van der Waals surface area contributed by atoms with Crippen LogP contribution < -0.4 is 10.6 Å². The number of nitrogens with one attached hydrogen (secondary N) is 2. The summed E-state index contributed by atoms with van der Waals surface area (Å²) in [6, 6.07) is 13.6. The van der Waals surface area contributed by atoms with Crippen molar-refractivity contribution in [3.63, 3.8) is 0 Å². The summed E-state index contributed by atoms with van der Waals surface area (Å²) in [5, 5.41) is 22.7. The number of carbonyl (C=O) groups is 1. The highest BCUT2D eigenvalue weighted by molar-refractivity contribution is 5.97. The highest BCUT2D eigenvalue weighted by Gasteiger charge is 2.38. The second-order valence-corrected chi connectivity index (χ2v) is 8.63. The lowest BCUT2D eigenvalue weighted by molar-refractivity contribution is -0.156. The number of aliphatic hydroxyl groups is 1. The Morgan fingerprint density at radius 2 is 1.92 bits per heavy atom. The maximum atomic E-state index is 13.1. The molecule has 13 heteroatoms. The van der Waals surface area contributed by atoms with Crippen LogP contribution in [-0.4, -0.2) is 56.3 Å². The van der Waals surface area contributed by atoms with Gasteiger partial charge in [-0.3, -0.25) is 4.79 Å². The first-order valence-electron chi connectivity index (χ1n) is 11.6. The zero-order valence-electron chi connectivity index (χ0n) is 20.0. The van der Waals surface area contributed by atoms with Crippen LogP contribution in [0.4, 0.5) is 30.6 Å². The van der Waals surface area contributed by atoms with Gasteiger partial charge in [0, 0.05) is 31.0 Å². The molecular formula is C25H22F3N7O3. The van der Waals surface area contributed by atoms with Gasteiger partial charge in [-0.1, -0.05) is 30.3 Å². The number of rotatable bonds is 7. The molecule has 0 saturated heterocycles. The lowest BCUT2D eigenvalue weighted by Crippen LogP contribution is -2.34. The Morgan fingerprint density at radius 1 is 1.13 bits per heavy atom. The van der Waals surface area contributed by atoms with Crippen molar-refractivity contribution in [3.05, 3.63) is 77.3 Å². The molecule has 1 atom stereocenters. The monoisotopic (exact) mass is 525 g/mol. The number of aromatic nitrogens is 4. The molecule has 1 aliphatic rings. The molecule has 1 aliphatic heterocycles. The van der Waals surface area contributed by atoms with Gasteiger partial charge in [0.1, 0.15) is 5.82 Å². The van der Waals surface area contributed by atoms with E-state index in [4.69, 9.17) is 4.42 Å². The fraction of sp³-hybridized carbons (Fsp3) is 0.240. The van der Waals surface area contributed by atoms with Gasteiger partial charge in [0.25, 0.3) is 11.8 Å². The third kappa shape index (κ3) is 5.13. The average Bonchev–Trinajstić information content (AvgIpc) is 3.41. The molecule has 10 nitrogen and oxygen atoms in total. The molecule has 5 rings (SSSR count). The van der Waals surface area contributed by atoms with E-state index in [0.29, 0.717) is 24.2 Å². The van der Waals surface area contributed by atoms with Crippen LogP contribution in [0.3, 0.4) is 0 Å². The number of nitrogens with zero attached hydrogens (tertiary/aromatic N) is 5. The number of alkyl halides is 3. The number of fused-ring (bicyclic) bond motifs is 1. The molecule has 38 heavy (non-hydrogen) atoms. The highest BCUT2D eigenvalue weighted by atomic mass is 19.4. The number of carbonyl (C=O) groups excluding carboxylic acids is 1. The van der Waals surface area contributed by atoms with Crippen molar-refractivity contribution in [1.29, 1.82) is 0 Å². The fourth-order valence-corrected chi connectivity index (χ4v) is 4.05. The van der Waals surface area contributed by atoms with Gasteiger partial charge in [-0.15, -0.1) is 10.2 Å². The van der Waals surface area contributed by atoms with Gasteiger partial charge < -0.3 is 25.1 Å². The lowest BCUT2D eigenvalue weighted by Gasteiger charge is -2.25. The van der Waals surface area contributed by atoms with Gasteiger partial charge in [0.2, 0.25) is 5.95 Å². The van der Waals surface area contributed by atoms with Crippen LogP contribution in [0, 0.1) is 0 Å². The summed E-state index contributed by atoms with van der Waals surface area (Å²) in [4.78, 5) is 22.7. The molecular weight excluding hydrogens is 503 g/mol. The number of benzene rings is 2. The maximum Gasteiger partial charge on any atom is 0.470 e. The normalized spacial score (nSPS) is 14.2. The zero-order chi connectivity index (χ0) is 26.9. The largest absolute Gasteiger partial charge is 0.470 e. The number of aliphatic hydroxyl groups excluding tert-OH is 1. The Bertz CT molecular complexity index is 1460. The Kier molecular flexibility index (Phi) is 6.68. The summed E-state index contributed by atoms with van der Waals surface area (Å²) < 4.78 is 44.0. The summed E-state index contributed by atoms with van der Waals surface area (Å²) >= 11 is 0. The molecule has 0 bridgehead atoms. The first-order valence-corrected chi connectivity index (χ1v) is 11.6. The number of halogens is 3. The summed E-state index contributed by atoms with van der Waals surface area (Å²) in [6.07, 6.45) is -2.88. The van der Waals surface area contributed by atoms with Crippen LogP contribution in [0.5, 0.6) is 0 Å². The van der Waals surface area contributed by atoms with Crippen molar-refractivity contribution in [2.24, 2.45) is 0 Å². The van der Waals surface area contributed by atoms with E-state index in [1.807, 2.05) is 12.1 Å². The van der Waals surface area contributed by atoms with E-state index in [1.165, 1.54) is 6.20 Å². The Morgan fingerprint density at radius 3 is 2.63 bits per heavy atom. The summed E-state index contributed by atoms with van der Waals surface area (Å²) in [7, 11) is 1.75. The molecule has 0 aliphatic carbocycles. The molecule has 3 heterocycles. The van der Waals surface area contributed by atoms with E-state index in [-0.39, 0.29) is 29.8 Å². The Hall–Kier alpha value is -4.52. The molecule has 3 N–H and O–H groups in total. The predicted molar refractivity (Wildman–Crippen MR) is 131 cm³/mol. The van der Waals surface area contributed by atoms with E-state index >= 15 is 0 Å². The molecule has 0 unspecified atom stereocenters. The van der Waals surface area contributed by atoms with Crippen LogP contribution in [0.25, 0.3) is 11.5 Å². The van der Waals surface area contributed by atoms with E-state index in [9.17, 15) is 23.1 Å². The number of amides is 1. The highest BCUT2D eigenvalue weighted by Crippen LogP contribution is 2.34. The number of hydrogen-bond donors (Lipinski definition) is 3. The van der Waals surface area contributed by atoms with Gasteiger partial charge in [-0.25, -0.2) is 4.98 Å². The van der Waals surface area contributed by atoms with Crippen LogP contribution in [-0.2, 0) is 12.6 Å². The molecule has 0 fully saturated rings. The smallest absolute Gasteiger partial charge is 0.412 e. The summed E-state index contributed by atoms with van der Waals surface area (Å²) in [5.41, 5.74) is 2.86. The van der Waals surface area contributed by atoms with Gasteiger partial charge in [-0.2, -0.15) is 18.2 Å². The van der Waals surface area contributed by atoms with Crippen LogP contribution in [0.1, 0.15) is 33.4 Å². The maximum absolute atomic E-state index is 13.1. The molecule has 196 valence electrons. The molecule has 1 amide bonds. The fourth-order valence-electron chi connectivity index (χ4n) is 4.05. The van der Waals surface area contributed by atoms with Crippen molar-refractivity contribution >= 4 is 23.4 Å². The van der Waals surface area contributed by atoms with Crippen LogP contribution in [0.2, 0.25) is 0 Å². The topological polar surface area (TPSA) is 129 Å². The van der Waals surface area contributed by atoms with Gasteiger partial charge >= 0.3 is 12.1 Å². The third-order valence-electron chi connectivity index (χ3n) is 6.04. The van der Waals surface area contributed by atoms with E-state index in [2.05, 4.69) is 30.8 Å². The van der Waals surface area contributed by atoms with Gasteiger partial charge in [0.05, 0.1) is 18.2 Å². The van der Waals surface area contributed by atoms with E-state index in [0.717, 1.165) is 11.1 Å². The summed E-state index contributed by atoms with van der Waals surface area (Å²) in [6.45, 7) is 0.266. The quantitative estimate of drug-likeness (QED) is 0.327. The van der Waals surface area contributed by atoms with Crippen LogP contribution >= 0.6 is 0 Å². The standard InChI is InChI=1S/C25H22F3N7O3/c1-35-10-9-15-11-16(7-8-17(15)22(35)37)30-24-29-12-18(21-33-34-23(38-21)25(26,27)28)20(32-24)31-19(13-36)14-5-3-2-4-6-14/h2-8,11-12,19,36H,9-10,13H2,1H3,(H2,29,30,31,32)/t19-/m1/s1. The molecule has 2 aromatic carbocycles. The Labute approximate surface area is 214 Å². The number of anilines is 3. The second kappa shape index (κ2) is 10.1. The number of hydrogen-bond acceptors (Lipinski definition) is 9. The third-order valence-corrected chi connectivity index (χ3v) is 6.04. The van der Waals surface area contributed by atoms with Gasteiger partial charge in [-0.05, 0) is 35.7 Å². The molecule has 2 aromatic heterocycles. The van der Waals surface area contributed by atoms with Crippen molar-refractivity contribution in [3.8, 4) is 11.5 Å². The van der Waals surface area contributed by atoms with Crippen molar-refractivity contribution in [2.45, 2.75) is 18.6 Å².